The molecule has 1 aromatic carbocycles. The smallest absolute Gasteiger partial charge is 0.210 e. The standard InChI is InChI=1S/C20H28N4O2/c1-22-10-4-3-9-20(22)24(16-25)11-6-12-26-19-8-5-7-17(13-19)18-14-21-23(2)15-18/h5,7-8,13-16,20H,3-4,6,9-12H2,1-2H3/t20-/m1/s1. The van der Waals surface area contributed by atoms with Gasteiger partial charge in [0.15, 0.2) is 0 Å². The van der Waals surface area contributed by atoms with Crippen molar-refractivity contribution in [3.8, 4) is 16.9 Å². The van der Waals surface area contributed by atoms with Crippen molar-refractivity contribution in [2.75, 3.05) is 26.7 Å². The molecule has 3 rings (SSSR count). The number of benzene rings is 1. The molecule has 0 saturated carbocycles. The lowest BCUT2D eigenvalue weighted by atomic mass is 10.1. The molecule has 0 unspecified atom stereocenters. The normalized spacial score (nSPS) is 17.8. The number of amides is 1. The Labute approximate surface area is 155 Å². The van der Waals surface area contributed by atoms with Crippen molar-refractivity contribution < 1.29 is 9.53 Å². The molecule has 1 atom stereocenters. The second-order valence-corrected chi connectivity index (χ2v) is 6.93. The average molecular weight is 356 g/mol. The largest absolute Gasteiger partial charge is 0.494 e. The fourth-order valence-corrected chi connectivity index (χ4v) is 3.52. The number of rotatable bonds is 8. The van der Waals surface area contributed by atoms with E-state index >= 15 is 0 Å². The SMILES string of the molecule is CN1CCCC[C@H]1N(C=O)CCCOc1cccc(-c2cnn(C)c2)c1. The van der Waals surface area contributed by atoms with E-state index in [4.69, 9.17) is 4.74 Å². The van der Waals surface area contributed by atoms with Crippen LogP contribution in [0.1, 0.15) is 25.7 Å². The Morgan fingerprint density at radius 2 is 2.19 bits per heavy atom. The van der Waals surface area contributed by atoms with E-state index in [-0.39, 0.29) is 6.17 Å². The van der Waals surface area contributed by atoms with Crippen LogP contribution >= 0.6 is 0 Å². The Balaban J connectivity index is 1.49. The number of nitrogens with zero attached hydrogens (tertiary/aromatic N) is 4. The highest BCUT2D eigenvalue weighted by atomic mass is 16.5. The summed E-state index contributed by atoms with van der Waals surface area (Å²) >= 11 is 0. The van der Waals surface area contributed by atoms with Crippen LogP contribution in [0.5, 0.6) is 5.75 Å². The molecule has 6 heteroatoms. The summed E-state index contributed by atoms with van der Waals surface area (Å²) in [5, 5.41) is 4.21. The highest BCUT2D eigenvalue weighted by molar-refractivity contribution is 5.63. The first-order valence-corrected chi connectivity index (χ1v) is 9.30. The Kier molecular flexibility index (Phi) is 6.28. The van der Waals surface area contributed by atoms with E-state index in [0.717, 1.165) is 49.2 Å². The minimum Gasteiger partial charge on any atom is -0.494 e. The summed E-state index contributed by atoms with van der Waals surface area (Å²) in [6, 6.07) is 8.04. The molecule has 1 aromatic heterocycles. The minimum absolute atomic E-state index is 0.232. The van der Waals surface area contributed by atoms with Gasteiger partial charge in [-0.2, -0.15) is 5.10 Å². The Bertz CT molecular complexity index is 715. The molecule has 2 aromatic rings. The van der Waals surface area contributed by atoms with Crippen LogP contribution in [-0.4, -0.2) is 58.9 Å². The maximum Gasteiger partial charge on any atom is 0.210 e. The minimum atomic E-state index is 0.232. The van der Waals surface area contributed by atoms with Gasteiger partial charge in [-0.25, -0.2) is 0 Å². The summed E-state index contributed by atoms with van der Waals surface area (Å²) in [6.07, 6.45) is 9.34. The first kappa shape index (κ1) is 18.5. The molecule has 1 amide bonds. The van der Waals surface area contributed by atoms with E-state index in [2.05, 4.69) is 23.1 Å². The van der Waals surface area contributed by atoms with E-state index in [1.165, 1.54) is 12.8 Å². The van der Waals surface area contributed by atoms with E-state index in [1.807, 2.05) is 42.5 Å². The highest BCUT2D eigenvalue weighted by Crippen LogP contribution is 2.23. The lowest BCUT2D eigenvalue weighted by molar-refractivity contribution is -0.125. The molecule has 2 heterocycles. The van der Waals surface area contributed by atoms with Crippen LogP contribution in [-0.2, 0) is 11.8 Å². The van der Waals surface area contributed by atoms with Gasteiger partial charge in [-0.15, -0.1) is 0 Å². The van der Waals surface area contributed by atoms with Crippen molar-refractivity contribution in [1.82, 2.24) is 19.6 Å². The van der Waals surface area contributed by atoms with E-state index in [9.17, 15) is 4.79 Å². The summed E-state index contributed by atoms with van der Waals surface area (Å²) < 4.78 is 7.69. The van der Waals surface area contributed by atoms with Gasteiger partial charge in [0.25, 0.3) is 0 Å². The van der Waals surface area contributed by atoms with Crippen molar-refractivity contribution in [1.29, 1.82) is 0 Å². The van der Waals surface area contributed by atoms with Gasteiger partial charge in [0.1, 0.15) is 5.75 Å². The Morgan fingerprint density at radius 3 is 2.92 bits per heavy atom. The van der Waals surface area contributed by atoms with Crippen molar-refractivity contribution in [3.05, 3.63) is 36.7 Å². The van der Waals surface area contributed by atoms with Crippen LogP contribution in [0, 0.1) is 0 Å². The topological polar surface area (TPSA) is 50.6 Å². The number of carbonyl (C=O) groups is 1. The number of piperidine rings is 1. The lowest BCUT2D eigenvalue weighted by Gasteiger charge is -2.38. The maximum absolute atomic E-state index is 11.5. The van der Waals surface area contributed by atoms with Crippen LogP contribution in [0.3, 0.4) is 0 Å². The van der Waals surface area contributed by atoms with E-state index in [1.54, 1.807) is 4.68 Å². The zero-order valence-corrected chi connectivity index (χ0v) is 15.7. The molecule has 0 spiro atoms. The van der Waals surface area contributed by atoms with Gasteiger partial charge in [0, 0.05) is 25.4 Å². The van der Waals surface area contributed by atoms with Gasteiger partial charge < -0.3 is 9.64 Å². The van der Waals surface area contributed by atoms with Crippen LogP contribution < -0.4 is 4.74 Å². The number of hydrogen-bond acceptors (Lipinski definition) is 4. The molecule has 1 saturated heterocycles. The molecule has 0 N–H and O–H groups in total. The third kappa shape index (κ3) is 4.64. The molecule has 1 fully saturated rings. The summed E-state index contributed by atoms with van der Waals surface area (Å²) in [5.74, 6) is 0.846. The monoisotopic (exact) mass is 356 g/mol. The summed E-state index contributed by atoms with van der Waals surface area (Å²) in [6.45, 7) is 2.38. The lowest BCUT2D eigenvalue weighted by Crippen LogP contribution is -2.49. The van der Waals surface area contributed by atoms with Crippen molar-refractivity contribution in [2.24, 2.45) is 7.05 Å². The van der Waals surface area contributed by atoms with Crippen molar-refractivity contribution in [2.45, 2.75) is 31.8 Å². The predicted molar refractivity (Wildman–Crippen MR) is 102 cm³/mol. The predicted octanol–water partition coefficient (Wildman–Crippen LogP) is 2.76. The summed E-state index contributed by atoms with van der Waals surface area (Å²) in [4.78, 5) is 15.7. The van der Waals surface area contributed by atoms with Gasteiger partial charge in [0.05, 0.1) is 19.0 Å². The molecule has 0 bridgehead atoms. The fourth-order valence-electron chi connectivity index (χ4n) is 3.52. The Hall–Kier alpha value is -2.34. The van der Waals surface area contributed by atoms with Crippen LogP contribution in [0.15, 0.2) is 36.7 Å². The van der Waals surface area contributed by atoms with Gasteiger partial charge in [-0.1, -0.05) is 12.1 Å². The number of aromatic nitrogens is 2. The molecule has 0 radical (unpaired) electrons. The number of aryl methyl sites for hydroxylation is 1. The van der Waals surface area contributed by atoms with Gasteiger partial charge in [0.2, 0.25) is 6.41 Å². The first-order chi connectivity index (χ1) is 12.7. The van der Waals surface area contributed by atoms with E-state index < -0.39 is 0 Å². The first-order valence-electron chi connectivity index (χ1n) is 9.30. The third-order valence-electron chi connectivity index (χ3n) is 4.95. The number of hydrogen-bond donors (Lipinski definition) is 0. The molecule has 0 aliphatic carbocycles. The molecule has 6 nitrogen and oxygen atoms in total. The van der Waals surface area contributed by atoms with Gasteiger partial charge in [-0.3, -0.25) is 14.4 Å². The van der Waals surface area contributed by atoms with Gasteiger partial charge >= 0.3 is 0 Å². The Morgan fingerprint density at radius 1 is 1.31 bits per heavy atom. The van der Waals surface area contributed by atoms with Crippen LogP contribution in [0.4, 0.5) is 0 Å². The van der Waals surface area contributed by atoms with Crippen molar-refractivity contribution >= 4 is 6.41 Å². The summed E-state index contributed by atoms with van der Waals surface area (Å²) in [5.41, 5.74) is 2.17. The maximum atomic E-state index is 11.5. The van der Waals surface area contributed by atoms with E-state index in [0.29, 0.717) is 6.61 Å². The zero-order chi connectivity index (χ0) is 18.4. The number of carbonyl (C=O) groups excluding carboxylic acids is 1. The average Bonchev–Trinajstić information content (AvgIpc) is 3.09. The second-order valence-electron chi connectivity index (χ2n) is 6.93. The molecule has 1 aliphatic rings. The second kappa shape index (κ2) is 8.85. The van der Waals surface area contributed by atoms with Crippen molar-refractivity contribution in [3.63, 3.8) is 0 Å². The quantitative estimate of drug-likeness (QED) is 0.539. The van der Waals surface area contributed by atoms with Gasteiger partial charge in [-0.05, 0) is 57.0 Å². The number of likely N-dealkylation sites (tertiary alicyclic amines) is 1. The summed E-state index contributed by atoms with van der Waals surface area (Å²) in [7, 11) is 4.01. The number of ether oxygens (including phenoxy) is 1. The molecular weight excluding hydrogens is 328 g/mol. The molecule has 140 valence electrons. The molecular formula is C20H28N4O2. The molecule has 26 heavy (non-hydrogen) atoms. The molecule has 1 aliphatic heterocycles. The van der Waals surface area contributed by atoms with Crippen LogP contribution in [0.2, 0.25) is 0 Å². The highest BCUT2D eigenvalue weighted by Gasteiger charge is 2.23. The van der Waals surface area contributed by atoms with Crippen LogP contribution in [0.25, 0.3) is 11.1 Å². The third-order valence-corrected chi connectivity index (χ3v) is 4.95. The fraction of sp³-hybridized carbons (Fsp3) is 0.500. The zero-order valence-electron chi connectivity index (χ0n) is 15.7.